The van der Waals surface area contributed by atoms with Crippen LogP contribution in [0.5, 0.6) is 0 Å². The van der Waals surface area contributed by atoms with Crippen LogP contribution in [0.4, 0.5) is 11.4 Å². The Morgan fingerprint density at radius 1 is 0.353 bits per heavy atom. The molecule has 0 saturated heterocycles. The smallest absolute Gasteiger partial charge is 0.228 e. The number of nitrogens with zero attached hydrogens (tertiary/aromatic N) is 2. The predicted molar refractivity (Wildman–Crippen MR) is 469 cm³/mol. The second kappa shape index (κ2) is 60.2. The molecule has 24 radical (unpaired) electrons. The van der Waals surface area contributed by atoms with E-state index < -0.39 is 0 Å². The fourth-order valence-electron chi connectivity index (χ4n) is 9.31. The molecule has 0 bridgehead atoms. The number of imidazole rings is 2. The Kier molecular flexibility index (Phi) is 55.2. The summed E-state index contributed by atoms with van der Waals surface area (Å²) in [6, 6.07) is 68.5. The van der Waals surface area contributed by atoms with Crippen LogP contribution in [-0.4, -0.2) is 162 Å². The van der Waals surface area contributed by atoms with Crippen molar-refractivity contribution in [3.63, 3.8) is 0 Å². The zero-order valence-corrected chi connectivity index (χ0v) is 63.0. The van der Waals surface area contributed by atoms with Crippen LogP contribution >= 0.6 is 0 Å². The van der Waals surface area contributed by atoms with E-state index in [-0.39, 0.29) is 5.91 Å². The van der Waals surface area contributed by atoms with Crippen molar-refractivity contribution in [2.24, 2.45) is 0 Å². The van der Waals surface area contributed by atoms with Crippen LogP contribution in [0.3, 0.4) is 0 Å². The number of hydrogen-bond acceptors (Lipinski definition) is 4. The number of benzene rings is 9. The van der Waals surface area contributed by atoms with Gasteiger partial charge in [0.25, 0.3) is 0 Å². The maximum Gasteiger partial charge on any atom is 0.228 e. The van der Waals surface area contributed by atoms with Crippen LogP contribution in [-0.2, 0) is 17.6 Å². The average Bonchev–Trinajstić information content (AvgIpc) is 1.70. The minimum absolute atomic E-state index is 0.106. The summed E-state index contributed by atoms with van der Waals surface area (Å²) in [4.78, 5) is 31.6. The molecule has 2 aliphatic rings. The molecule has 15 rings (SSSR count). The van der Waals surface area contributed by atoms with Crippen LogP contribution in [0.2, 0.25) is 54.6 Å². The number of carbonyl (C=O) groups excluding carboxylic acids is 1. The molecule has 2 aliphatic heterocycles. The Balaban J connectivity index is 0.00000110. The quantitative estimate of drug-likeness (QED) is 0.0845. The van der Waals surface area contributed by atoms with Gasteiger partial charge < -0.3 is 30.6 Å². The van der Waals surface area contributed by atoms with E-state index in [1.165, 1.54) is 147 Å². The number of fused-ring (bicyclic) bond motifs is 7. The second-order valence-corrected chi connectivity index (χ2v) is 22.1. The number of aromatic nitrogens is 6. The summed E-state index contributed by atoms with van der Waals surface area (Å²) in [5.41, 5.74) is 20.7. The summed E-state index contributed by atoms with van der Waals surface area (Å²) in [5, 5.41) is 11.4. The number of nitrogens with one attached hydrogen (secondary N) is 6. The number of para-hydroxylation sites is 4. The maximum atomic E-state index is 10.9. The normalized spacial score (nSPS) is 9.70. The summed E-state index contributed by atoms with van der Waals surface area (Å²) < 4.78 is 0. The summed E-state index contributed by atoms with van der Waals surface area (Å²) in [6.07, 6.45) is 9.09. The van der Waals surface area contributed by atoms with E-state index in [0.717, 1.165) is 39.9 Å². The molecule has 9 aromatic carbocycles. The molecule has 4 aromatic heterocycles. The van der Waals surface area contributed by atoms with Crippen molar-refractivity contribution in [2.75, 3.05) is 17.2 Å². The molecule has 0 atom stereocenters. The summed E-state index contributed by atoms with van der Waals surface area (Å²) in [6.45, 7) is 29.9. The molecule has 1 amide bonds. The number of H-pyrrole nitrogens is 4. The fourth-order valence-corrected chi connectivity index (χ4v) is 9.31. The molecule has 25 heteroatoms. The molecular formula is C77H94B16N8O. The lowest BCUT2D eigenvalue weighted by atomic mass is 9.59. The average molecular weight is 1320 g/mol. The molecule has 6 heterocycles. The molecule has 13 aromatic rings. The largest absolute Gasteiger partial charge is 0.384 e. The SMILES string of the molecule is Cc1cccc(C)c1.Cc1cccc2[nH]ccc12.Cc1cccc2[nH]cnc12.Cc1cccc2[nH]cnc12.Cc1cccc2c1CC(=O)N2.Cc1cccc2ccccc12.[B][B]C.[B][B]C.[B][B]C.[B][B]C.[B][B]C.[B][B]C.[B][B]C.[B][B]C.c1ccc2[nH]ccc2c1.c1ccc2c(c1)CCN2. The summed E-state index contributed by atoms with van der Waals surface area (Å²) in [5.74, 6) is 0.106. The van der Waals surface area contributed by atoms with Crippen molar-refractivity contribution in [3.8, 4) is 0 Å². The van der Waals surface area contributed by atoms with Gasteiger partial charge in [0.2, 0.25) is 5.91 Å². The van der Waals surface area contributed by atoms with Crippen LogP contribution in [0, 0.1) is 48.5 Å². The van der Waals surface area contributed by atoms with Gasteiger partial charge in [-0.1, -0.05) is 163 Å². The first kappa shape index (κ1) is 93.6. The molecule has 0 unspecified atom stereocenters. The van der Waals surface area contributed by atoms with Crippen molar-refractivity contribution in [3.05, 3.63) is 275 Å². The van der Waals surface area contributed by atoms with E-state index in [4.69, 9.17) is 61.9 Å². The molecule has 0 saturated carbocycles. The molecule has 102 heavy (non-hydrogen) atoms. The van der Waals surface area contributed by atoms with Gasteiger partial charge in [0.15, 0.2) is 0 Å². The number of rotatable bonds is 0. The highest BCUT2D eigenvalue weighted by atomic mass is 16.1. The van der Waals surface area contributed by atoms with E-state index >= 15 is 0 Å². The van der Waals surface area contributed by atoms with Gasteiger partial charge in [-0.15, -0.1) is 54.6 Å². The van der Waals surface area contributed by atoms with Crippen molar-refractivity contribution in [2.45, 2.75) is 116 Å². The number of aryl methyl sites for hydroxylation is 7. The van der Waals surface area contributed by atoms with Gasteiger partial charge in [0.05, 0.1) is 98.5 Å². The van der Waals surface area contributed by atoms with Crippen molar-refractivity contribution in [1.82, 2.24) is 29.9 Å². The van der Waals surface area contributed by atoms with Crippen LogP contribution in [0.15, 0.2) is 225 Å². The van der Waals surface area contributed by atoms with E-state index in [2.05, 4.69) is 228 Å². The van der Waals surface area contributed by atoms with Crippen LogP contribution < -0.4 is 10.6 Å². The maximum absolute atomic E-state index is 10.9. The van der Waals surface area contributed by atoms with Gasteiger partial charge in [0, 0.05) is 109 Å². The number of amides is 1. The standard InChI is InChI=1S/C11H10.C9H9NO.C9H9N.2C8H8N2.C8H9N.C8H7N.C8H10.8CH3B2/c1-9-5-4-7-10-6-2-3-8-11(9)10;1-6-3-2-4-8-7(6)5-9(11)10-8;1-7-3-2-4-9-8(7)5-6-10-9;2*1-6-3-2-4-7-8(6)10-5-9-7;2*1-2-4-8-7(3-1)5-6-9-8;1-7-4-3-5-8(2)6-7;8*1-3-2/h2-8H,1H3;2-4H,5H2,1H3,(H,10,11);2-6,10H,1H3;2*2-5H,1H3,(H,9,10);1-4,9H,5-6H2;1-6,9H;3-6H,1-2H3;8*1H3. The first-order valence-corrected chi connectivity index (χ1v) is 33.8. The molecule has 0 aliphatic carbocycles. The lowest BCUT2D eigenvalue weighted by Gasteiger charge is -1.99. The molecule has 0 fully saturated rings. The van der Waals surface area contributed by atoms with Gasteiger partial charge in [-0.3, -0.25) is 4.79 Å². The topological polar surface area (TPSA) is 130 Å². The molecule has 496 valence electrons. The third-order valence-corrected chi connectivity index (χ3v) is 13.5. The first-order valence-electron chi connectivity index (χ1n) is 33.8. The lowest BCUT2D eigenvalue weighted by Crippen LogP contribution is -2.03. The monoisotopic (exact) mass is 1320 g/mol. The molecule has 6 N–H and O–H groups in total. The van der Waals surface area contributed by atoms with Crippen molar-refractivity contribution < 1.29 is 4.79 Å². The van der Waals surface area contributed by atoms with Gasteiger partial charge >= 0.3 is 0 Å². The molecular weight excluding hydrogens is 1230 g/mol. The summed E-state index contributed by atoms with van der Waals surface area (Å²) >= 11 is 0. The third-order valence-electron chi connectivity index (χ3n) is 13.5. The Morgan fingerprint density at radius 3 is 1.21 bits per heavy atom. The number of anilines is 2. The minimum Gasteiger partial charge on any atom is -0.384 e. The van der Waals surface area contributed by atoms with Crippen molar-refractivity contribution >= 4 is 191 Å². The minimum atomic E-state index is 0.106. The van der Waals surface area contributed by atoms with Gasteiger partial charge in [-0.25, -0.2) is 9.97 Å². The zero-order chi connectivity index (χ0) is 76.3. The van der Waals surface area contributed by atoms with E-state index in [1.807, 2.05) is 73.9 Å². The number of hydrogen-bond donors (Lipinski definition) is 6. The Labute approximate surface area is 630 Å². The zero-order valence-electron chi connectivity index (χ0n) is 63.0. The highest BCUT2D eigenvalue weighted by Gasteiger charge is 2.18. The van der Waals surface area contributed by atoms with Crippen LogP contribution in [0.25, 0.3) is 54.6 Å². The Bertz CT molecular complexity index is 3930. The predicted octanol–water partition coefficient (Wildman–Crippen LogP) is 15.6. The first-order chi connectivity index (χ1) is 49.3. The molecule has 0 spiro atoms. The summed E-state index contributed by atoms with van der Waals surface area (Å²) in [7, 11) is 49.8. The lowest BCUT2D eigenvalue weighted by molar-refractivity contribution is -0.115. The van der Waals surface area contributed by atoms with E-state index in [0.29, 0.717) is 6.42 Å². The molecule has 9 nitrogen and oxygen atoms in total. The highest BCUT2D eigenvalue weighted by molar-refractivity contribution is 6.90. The van der Waals surface area contributed by atoms with Crippen LogP contribution in [0.1, 0.15) is 50.1 Å². The van der Waals surface area contributed by atoms with E-state index in [1.54, 1.807) is 67.2 Å². The number of aromatic amines is 4. The van der Waals surface area contributed by atoms with Gasteiger partial charge in [0.1, 0.15) is 0 Å². The Morgan fingerprint density at radius 2 is 0.735 bits per heavy atom. The number of carbonyl (C=O) groups is 1. The highest BCUT2D eigenvalue weighted by Crippen LogP contribution is 2.25. The third kappa shape index (κ3) is 39.1. The van der Waals surface area contributed by atoms with E-state index in [9.17, 15) is 4.79 Å². The fraction of sp³-hybridized carbons (Fsp3) is 0.234. The van der Waals surface area contributed by atoms with Crippen molar-refractivity contribution in [1.29, 1.82) is 0 Å². The Hall–Kier alpha value is -8.43. The second-order valence-electron chi connectivity index (χ2n) is 22.1. The van der Waals surface area contributed by atoms with Gasteiger partial charge in [-0.05, 0) is 159 Å². The van der Waals surface area contributed by atoms with Gasteiger partial charge in [-0.2, -0.15) is 0 Å².